The summed E-state index contributed by atoms with van der Waals surface area (Å²) in [6, 6.07) is 12.4. The number of nitrogens with one attached hydrogen (secondary N) is 1. The van der Waals surface area contributed by atoms with Crippen molar-refractivity contribution in [2.24, 2.45) is 0 Å². The lowest BCUT2D eigenvalue weighted by atomic mass is 9.99. The van der Waals surface area contributed by atoms with Gasteiger partial charge in [-0.25, -0.2) is 4.79 Å². The normalized spacial score (nSPS) is 12.0. The first-order valence-corrected chi connectivity index (χ1v) is 9.56. The third kappa shape index (κ3) is 3.44. The SMILES string of the molecule is COc1cccc2cc(C(=O)NCC(c3ccsc3)c3ccco3)c(=O)oc12. The molecule has 0 aliphatic rings. The standard InChI is InChI=1S/C21H17NO5S/c1-25-18-5-2-4-13-10-15(21(24)27-19(13)18)20(23)22-11-16(14-7-9-28-12-14)17-6-3-8-26-17/h2-10,12,16H,11H2,1H3,(H,22,23). The van der Waals surface area contributed by atoms with Gasteiger partial charge in [-0.05, 0) is 46.7 Å². The largest absolute Gasteiger partial charge is 0.493 e. The lowest BCUT2D eigenvalue weighted by Gasteiger charge is -2.14. The van der Waals surface area contributed by atoms with Gasteiger partial charge in [0.05, 0.1) is 19.3 Å². The van der Waals surface area contributed by atoms with Crippen molar-refractivity contribution in [3.8, 4) is 5.75 Å². The predicted molar refractivity (Wildman–Crippen MR) is 106 cm³/mol. The highest BCUT2D eigenvalue weighted by Crippen LogP contribution is 2.27. The molecule has 1 unspecified atom stereocenters. The third-order valence-electron chi connectivity index (χ3n) is 4.49. The van der Waals surface area contributed by atoms with Gasteiger partial charge in [0.25, 0.3) is 5.91 Å². The zero-order valence-corrected chi connectivity index (χ0v) is 15.8. The molecule has 28 heavy (non-hydrogen) atoms. The Morgan fingerprint density at radius 3 is 2.86 bits per heavy atom. The number of thiophene rings is 1. The van der Waals surface area contributed by atoms with E-state index in [0.29, 0.717) is 23.3 Å². The van der Waals surface area contributed by atoms with Crippen LogP contribution in [0.1, 0.15) is 27.6 Å². The number of hydrogen-bond donors (Lipinski definition) is 1. The first-order valence-electron chi connectivity index (χ1n) is 8.62. The summed E-state index contributed by atoms with van der Waals surface area (Å²) in [7, 11) is 1.49. The maximum absolute atomic E-state index is 12.7. The van der Waals surface area contributed by atoms with Gasteiger partial charge in [0.1, 0.15) is 11.3 Å². The van der Waals surface area contributed by atoms with E-state index < -0.39 is 11.5 Å². The number of amides is 1. The summed E-state index contributed by atoms with van der Waals surface area (Å²) in [5.41, 5.74) is 0.595. The first-order chi connectivity index (χ1) is 13.7. The summed E-state index contributed by atoms with van der Waals surface area (Å²) < 4.78 is 16.1. The number of methoxy groups -OCH3 is 1. The van der Waals surface area contributed by atoms with Crippen molar-refractivity contribution in [1.82, 2.24) is 5.32 Å². The molecule has 0 bridgehead atoms. The van der Waals surface area contributed by atoms with E-state index in [1.807, 2.05) is 29.0 Å². The van der Waals surface area contributed by atoms with E-state index in [1.54, 1.807) is 35.8 Å². The minimum Gasteiger partial charge on any atom is -0.493 e. The Balaban J connectivity index is 1.59. The van der Waals surface area contributed by atoms with Gasteiger partial charge in [-0.2, -0.15) is 11.3 Å². The van der Waals surface area contributed by atoms with Gasteiger partial charge in [-0.15, -0.1) is 0 Å². The van der Waals surface area contributed by atoms with Crippen molar-refractivity contribution in [3.05, 3.63) is 86.8 Å². The number of hydrogen-bond acceptors (Lipinski definition) is 6. The summed E-state index contributed by atoms with van der Waals surface area (Å²) in [5, 5.41) is 7.42. The lowest BCUT2D eigenvalue weighted by Crippen LogP contribution is -2.32. The van der Waals surface area contributed by atoms with E-state index in [2.05, 4.69) is 5.32 Å². The molecule has 6 nitrogen and oxygen atoms in total. The molecule has 0 saturated heterocycles. The molecule has 0 aliphatic heterocycles. The molecular weight excluding hydrogens is 378 g/mol. The molecule has 0 radical (unpaired) electrons. The summed E-state index contributed by atoms with van der Waals surface area (Å²) in [4.78, 5) is 25.0. The van der Waals surface area contributed by atoms with Crippen molar-refractivity contribution in [1.29, 1.82) is 0 Å². The number of rotatable bonds is 6. The zero-order valence-electron chi connectivity index (χ0n) is 15.0. The minimum atomic E-state index is -0.709. The number of benzene rings is 1. The number of ether oxygens (including phenoxy) is 1. The molecule has 1 amide bonds. The Bertz CT molecular complexity index is 1110. The van der Waals surface area contributed by atoms with Crippen molar-refractivity contribution >= 4 is 28.2 Å². The van der Waals surface area contributed by atoms with E-state index >= 15 is 0 Å². The smallest absolute Gasteiger partial charge is 0.349 e. The Kier molecular flexibility index (Phi) is 4.99. The summed E-state index contributed by atoms with van der Waals surface area (Å²) in [6.45, 7) is 0.290. The highest BCUT2D eigenvalue weighted by molar-refractivity contribution is 7.08. The van der Waals surface area contributed by atoms with Crippen molar-refractivity contribution in [2.75, 3.05) is 13.7 Å². The van der Waals surface area contributed by atoms with Gasteiger partial charge in [0, 0.05) is 11.9 Å². The predicted octanol–water partition coefficient (Wildman–Crippen LogP) is 4.02. The van der Waals surface area contributed by atoms with Gasteiger partial charge in [-0.1, -0.05) is 12.1 Å². The molecule has 1 N–H and O–H groups in total. The van der Waals surface area contributed by atoms with Crippen LogP contribution >= 0.6 is 11.3 Å². The average Bonchev–Trinajstić information content (AvgIpc) is 3.42. The van der Waals surface area contributed by atoms with Crippen LogP contribution in [0.2, 0.25) is 0 Å². The molecule has 3 aromatic heterocycles. The molecule has 1 atom stereocenters. The maximum atomic E-state index is 12.7. The summed E-state index contributed by atoms with van der Waals surface area (Å²) in [5.74, 6) is 0.550. The fourth-order valence-electron chi connectivity index (χ4n) is 3.07. The second-order valence-electron chi connectivity index (χ2n) is 6.16. The third-order valence-corrected chi connectivity index (χ3v) is 5.19. The van der Waals surface area contributed by atoms with Gasteiger partial charge in [-0.3, -0.25) is 4.79 Å². The van der Waals surface area contributed by atoms with Gasteiger partial charge < -0.3 is 18.9 Å². The van der Waals surface area contributed by atoms with Crippen LogP contribution in [0.3, 0.4) is 0 Å². The molecule has 0 spiro atoms. The van der Waals surface area contributed by atoms with Crippen molar-refractivity contribution < 1.29 is 18.4 Å². The van der Waals surface area contributed by atoms with E-state index in [9.17, 15) is 9.59 Å². The molecule has 7 heteroatoms. The maximum Gasteiger partial charge on any atom is 0.349 e. The molecule has 0 aliphatic carbocycles. The van der Waals surface area contributed by atoms with Crippen LogP contribution in [0.15, 0.2) is 73.1 Å². The second-order valence-corrected chi connectivity index (χ2v) is 6.94. The quantitative estimate of drug-likeness (QED) is 0.499. The van der Waals surface area contributed by atoms with E-state index in [4.69, 9.17) is 13.6 Å². The van der Waals surface area contributed by atoms with Crippen LogP contribution in [-0.2, 0) is 0 Å². The van der Waals surface area contributed by atoms with Crippen LogP contribution in [0.5, 0.6) is 5.75 Å². The van der Waals surface area contributed by atoms with E-state index in [0.717, 1.165) is 11.3 Å². The van der Waals surface area contributed by atoms with Crippen LogP contribution in [0.4, 0.5) is 0 Å². The van der Waals surface area contributed by atoms with Gasteiger partial charge in [0.2, 0.25) is 0 Å². The Morgan fingerprint density at radius 1 is 1.25 bits per heavy atom. The fraction of sp³-hybridized carbons (Fsp3) is 0.143. The minimum absolute atomic E-state index is 0.0516. The number of fused-ring (bicyclic) bond motifs is 1. The molecule has 0 fully saturated rings. The molecule has 4 aromatic rings. The average molecular weight is 395 g/mol. The number of furan rings is 1. The molecule has 1 aromatic carbocycles. The number of carbonyl (C=O) groups excluding carboxylic acids is 1. The zero-order chi connectivity index (χ0) is 19.5. The molecule has 4 rings (SSSR count). The highest BCUT2D eigenvalue weighted by Gasteiger charge is 2.21. The molecule has 142 valence electrons. The first kappa shape index (κ1) is 18.1. The van der Waals surface area contributed by atoms with Crippen molar-refractivity contribution in [2.45, 2.75) is 5.92 Å². The highest BCUT2D eigenvalue weighted by atomic mass is 32.1. The topological polar surface area (TPSA) is 81.7 Å². The van der Waals surface area contributed by atoms with Gasteiger partial charge in [0.15, 0.2) is 11.3 Å². The summed E-state index contributed by atoms with van der Waals surface area (Å²) in [6.07, 6.45) is 1.60. The van der Waals surface area contributed by atoms with Gasteiger partial charge >= 0.3 is 5.63 Å². The monoisotopic (exact) mass is 395 g/mol. The second kappa shape index (κ2) is 7.74. The van der Waals surface area contributed by atoms with Crippen LogP contribution in [0, 0.1) is 0 Å². The molecular formula is C21H17NO5S. The lowest BCUT2D eigenvalue weighted by molar-refractivity contribution is 0.0948. The van der Waals surface area contributed by atoms with Crippen LogP contribution in [-0.4, -0.2) is 19.6 Å². The Labute approximate surface area is 164 Å². The van der Waals surface area contributed by atoms with Crippen LogP contribution < -0.4 is 15.7 Å². The Hall–Kier alpha value is -3.32. The Morgan fingerprint density at radius 2 is 2.14 bits per heavy atom. The van der Waals surface area contributed by atoms with Crippen molar-refractivity contribution in [3.63, 3.8) is 0 Å². The van der Waals surface area contributed by atoms with Crippen LogP contribution in [0.25, 0.3) is 11.0 Å². The molecule has 3 heterocycles. The number of para-hydroxylation sites is 1. The van der Waals surface area contributed by atoms with E-state index in [-0.39, 0.29) is 11.5 Å². The van der Waals surface area contributed by atoms with E-state index in [1.165, 1.54) is 13.2 Å². The number of carbonyl (C=O) groups is 1. The fourth-order valence-corrected chi connectivity index (χ4v) is 3.79. The summed E-state index contributed by atoms with van der Waals surface area (Å²) >= 11 is 1.57. The molecule has 0 saturated carbocycles.